The molecule has 0 fully saturated rings. The Kier molecular flexibility index (Phi) is 10.1. The van der Waals surface area contributed by atoms with Crippen LogP contribution < -0.4 is 46.4 Å². The van der Waals surface area contributed by atoms with Crippen molar-refractivity contribution in [2.24, 2.45) is 0 Å². The van der Waals surface area contributed by atoms with Gasteiger partial charge < -0.3 is 4.90 Å². The van der Waals surface area contributed by atoms with Crippen molar-refractivity contribution in [3.63, 3.8) is 0 Å². The molecule has 70 heavy (non-hydrogen) atoms. The van der Waals surface area contributed by atoms with E-state index in [1.807, 2.05) is 12.4 Å². The predicted octanol–water partition coefficient (Wildman–Crippen LogP) is 9.17. The number of fused-ring (bicyclic) bond motifs is 6. The van der Waals surface area contributed by atoms with Crippen LogP contribution in [0.2, 0.25) is 0 Å². The van der Waals surface area contributed by atoms with Gasteiger partial charge in [-0.25, -0.2) is 4.98 Å². The maximum absolute atomic E-state index is 5.33. The number of nitrogens with zero attached hydrogens (tertiary/aromatic N) is 5. The highest BCUT2D eigenvalue weighted by Crippen LogP contribution is 2.42. The zero-order valence-electron chi connectivity index (χ0n) is 38.2. The first-order valence-electron chi connectivity index (χ1n) is 23.8. The number of aromatic nitrogens is 4. The summed E-state index contributed by atoms with van der Waals surface area (Å²) in [6.07, 6.45) is 7.31. The lowest BCUT2D eigenvalue weighted by Gasteiger charge is -2.45. The van der Waals surface area contributed by atoms with E-state index in [1.165, 1.54) is 63.8 Å². The van der Waals surface area contributed by atoms with Crippen LogP contribution in [0.1, 0.15) is 0 Å². The molecule has 7 heteroatoms. The molecule has 13 rings (SSSR count). The van der Waals surface area contributed by atoms with Crippen LogP contribution in [0, 0.1) is 0 Å². The zero-order chi connectivity index (χ0) is 46.5. The second-order valence-corrected chi connectivity index (χ2v) is 25.4. The summed E-state index contributed by atoms with van der Waals surface area (Å²) in [5.41, 5.74) is 8.54. The molecule has 9 aromatic carbocycles. The van der Waals surface area contributed by atoms with Gasteiger partial charge in [0, 0.05) is 62.9 Å². The number of anilines is 3. The van der Waals surface area contributed by atoms with Gasteiger partial charge in [0.05, 0.1) is 17.4 Å². The minimum absolute atomic E-state index is 0.846. The Morgan fingerprint density at radius 2 is 0.986 bits per heavy atom. The smallest absolute Gasteiger partial charge is 0.186 e. The molecule has 1 aliphatic heterocycles. The fraction of sp³-hybridized carbons (Fsp3) is 0. The first-order chi connectivity index (χ1) is 34.8. The molecule has 0 amide bonds. The second-order valence-electron chi connectivity index (χ2n) is 17.9. The number of hydrogen-bond donors (Lipinski definition) is 0. The van der Waals surface area contributed by atoms with E-state index >= 15 is 0 Å². The number of rotatable bonds is 9. The van der Waals surface area contributed by atoms with Crippen molar-refractivity contribution in [3.8, 4) is 16.9 Å². The van der Waals surface area contributed by atoms with E-state index in [4.69, 9.17) is 9.97 Å². The number of benzene rings is 9. The van der Waals surface area contributed by atoms with Gasteiger partial charge in [-0.05, 0) is 84.8 Å². The molecule has 0 unspecified atom stereocenters. The molecule has 0 saturated heterocycles. The van der Waals surface area contributed by atoms with Crippen LogP contribution in [0.5, 0.6) is 0 Å². The zero-order valence-corrected chi connectivity index (χ0v) is 40.2. The molecule has 0 radical (unpaired) electrons. The molecule has 4 heterocycles. The summed E-state index contributed by atoms with van der Waals surface area (Å²) in [5, 5.41) is 12.7. The van der Waals surface area contributed by atoms with Crippen LogP contribution in [0.3, 0.4) is 0 Å². The van der Waals surface area contributed by atoms with E-state index < -0.39 is 16.1 Å². The third-order valence-electron chi connectivity index (χ3n) is 14.4. The van der Waals surface area contributed by atoms with Crippen molar-refractivity contribution in [1.82, 2.24) is 19.5 Å². The molecule has 0 atom stereocenters. The van der Waals surface area contributed by atoms with Crippen LogP contribution in [0.25, 0.3) is 38.9 Å². The summed E-state index contributed by atoms with van der Waals surface area (Å²) in [5.74, 6) is 0. The molecule has 330 valence electrons. The standard InChI is InChI=1S/C63H45N5Si2/c1-6-22-47(23-7-1)67-58-36-16-17-37-60(58)70(51-29-12-4-13-30-51,52-31-14-5-15-32-52)62-59(67)39-38-55-56-35-20-40-66-63(56)68(61(55)62)48-24-19-34-54(44-48)69(49-25-8-2-9-26-49,50-27-10-3-11-28-50)53-33-18-21-46(43-53)57-45-64-41-42-65-57/h1-45H. The van der Waals surface area contributed by atoms with Gasteiger partial charge in [0.2, 0.25) is 0 Å². The highest BCUT2D eigenvalue weighted by molar-refractivity contribution is 7.22. The summed E-state index contributed by atoms with van der Waals surface area (Å²) in [7, 11) is -6.27. The van der Waals surface area contributed by atoms with E-state index in [1.54, 1.807) is 12.4 Å². The minimum atomic E-state index is -3.18. The number of pyridine rings is 1. The van der Waals surface area contributed by atoms with Gasteiger partial charge in [0.15, 0.2) is 16.1 Å². The molecule has 0 spiro atoms. The predicted molar refractivity (Wildman–Crippen MR) is 295 cm³/mol. The summed E-state index contributed by atoms with van der Waals surface area (Å²) in [4.78, 5) is 17.1. The largest absolute Gasteiger partial charge is 0.311 e. The highest BCUT2D eigenvalue weighted by atomic mass is 28.3. The van der Waals surface area contributed by atoms with Crippen molar-refractivity contribution < 1.29 is 0 Å². The molecular formula is C63H45N5Si2. The van der Waals surface area contributed by atoms with Gasteiger partial charge in [0.25, 0.3) is 0 Å². The van der Waals surface area contributed by atoms with Crippen LogP contribution in [0.4, 0.5) is 17.1 Å². The van der Waals surface area contributed by atoms with Gasteiger partial charge in [-0.2, -0.15) is 0 Å². The lowest BCUT2D eigenvalue weighted by Crippen LogP contribution is -2.77. The van der Waals surface area contributed by atoms with Crippen molar-refractivity contribution in [3.05, 3.63) is 274 Å². The van der Waals surface area contributed by atoms with E-state index in [0.717, 1.165) is 33.7 Å². The Hall–Kier alpha value is -8.76. The normalized spacial score (nSPS) is 12.9. The Bertz CT molecular complexity index is 3750. The third kappa shape index (κ3) is 6.33. The van der Waals surface area contributed by atoms with Crippen LogP contribution in [-0.4, -0.2) is 35.7 Å². The first-order valence-corrected chi connectivity index (χ1v) is 27.8. The number of para-hydroxylation sites is 2. The first kappa shape index (κ1) is 41.4. The molecule has 5 nitrogen and oxygen atoms in total. The molecule has 1 aliphatic rings. The SMILES string of the molecule is c1ccc(N2c3ccccc3[Si](c3ccccc3)(c3ccccc3)c3c2ccc2c4cccnc4n(-c4cccc([Si](c5ccccc5)(c5ccccc5)c5cccc(-c6cnccn6)c5)c4)c32)cc1. The topological polar surface area (TPSA) is 46.8 Å². The maximum Gasteiger partial charge on any atom is 0.186 e. The molecule has 3 aromatic heterocycles. The summed E-state index contributed by atoms with van der Waals surface area (Å²) in [6, 6.07) is 92.5. The van der Waals surface area contributed by atoms with E-state index in [2.05, 4.69) is 263 Å². The Balaban J connectivity index is 1.18. The molecule has 0 bridgehead atoms. The van der Waals surface area contributed by atoms with Gasteiger partial charge in [-0.3, -0.25) is 14.5 Å². The van der Waals surface area contributed by atoms with E-state index in [-0.39, 0.29) is 0 Å². The number of hydrogen-bond acceptors (Lipinski definition) is 4. The molecule has 0 N–H and O–H groups in total. The molecular weight excluding hydrogens is 883 g/mol. The Labute approximate surface area is 409 Å². The quantitative estimate of drug-likeness (QED) is 0.107. The molecule has 0 aliphatic carbocycles. The summed E-state index contributed by atoms with van der Waals surface area (Å²) in [6.45, 7) is 0. The Morgan fingerprint density at radius 1 is 0.400 bits per heavy atom. The fourth-order valence-corrected chi connectivity index (χ4v) is 21.7. The van der Waals surface area contributed by atoms with Gasteiger partial charge in [-0.15, -0.1) is 0 Å². The molecule has 12 aromatic rings. The highest BCUT2D eigenvalue weighted by Gasteiger charge is 2.51. The summed E-state index contributed by atoms with van der Waals surface area (Å²) < 4.78 is 2.50. The van der Waals surface area contributed by atoms with Crippen LogP contribution >= 0.6 is 0 Å². The second kappa shape index (κ2) is 17.1. The van der Waals surface area contributed by atoms with Gasteiger partial charge in [-0.1, -0.05) is 200 Å². The Morgan fingerprint density at radius 3 is 1.66 bits per heavy atom. The van der Waals surface area contributed by atoms with Crippen molar-refractivity contribution in [2.75, 3.05) is 4.90 Å². The van der Waals surface area contributed by atoms with Crippen molar-refractivity contribution in [2.45, 2.75) is 0 Å². The average Bonchev–Trinajstić information content (AvgIpc) is 3.79. The van der Waals surface area contributed by atoms with Gasteiger partial charge >= 0.3 is 0 Å². The monoisotopic (exact) mass is 927 g/mol. The van der Waals surface area contributed by atoms with Crippen molar-refractivity contribution in [1.29, 1.82) is 0 Å². The minimum Gasteiger partial charge on any atom is -0.311 e. The third-order valence-corrected chi connectivity index (χ3v) is 24.0. The van der Waals surface area contributed by atoms with Crippen LogP contribution in [0.15, 0.2) is 274 Å². The van der Waals surface area contributed by atoms with Gasteiger partial charge in [0.1, 0.15) is 5.65 Å². The maximum atomic E-state index is 5.33. The van der Waals surface area contributed by atoms with E-state index in [0.29, 0.717) is 0 Å². The fourth-order valence-electron chi connectivity index (χ4n) is 11.6. The van der Waals surface area contributed by atoms with Crippen molar-refractivity contribution >= 4 is 96.6 Å². The summed E-state index contributed by atoms with van der Waals surface area (Å²) >= 11 is 0. The van der Waals surface area contributed by atoms with Crippen LogP contribution in [-0.2, 0) is 0 Å². The lowest BCUT2D eigenvalue weighted by atomic mass is 10.1. The lowest BCUT2D eigenvalue weighted by molar-refractivity contribution is 1.14. The molecule has 0 saturated carbocycles. The average molecular weight is 928 g/mol. The van der Waals surface area contributed by atoms with E-state index in [9.17, 15) is 0 Å².